The number of nitrogens with one attached hydrogen (secondary N) is 1. The molecule has 7 nitrogen and oxygen atoms in total. The average Bonchev–Trinajstić information content (AvgIpc) is 3.18. The Morgan fingerprint density at radius 1 is 1.23 bits per heavy atom. The molecule has 2 aliphatic heterocycles. The van der Waals surface area contributed by atoms with Crippen LogP contribution in [0.1, 0.15) is 29.0 Å². The van der Waals surface area contributed by atoms with Crippen LogP contribution in [0, 0.1) is 12.3 Å². The van der Waals surface area contributed by atoms with Gasteiger partial charge in [0.1, 0.15) is 5.82 Å². The monoisotopic (exact) mass is 350 g/mol. The molecule has 1 unspecified atom stereocenters. The Morgan fingerprint density at radius 2 is 2.00 bits per heavy atom. The number of carbonyl (C=O) groups excluding carboxylic acids is 3. The van der Waals surface area contributed by atoms with E-state index in [2.05, 4.69) is 15.3 Å². The largest absolute Gasteiger partial charge is 0.337 e. The molecule has 7 heteroatoms. The van der Waals surface area contributed by atoms with Gasteiger partial charge in [-0.1, -0.05) is 30.3 Å². The lowest BCUT2D eigenvalue weighted by atomic mass is 9.85. The predicted octanol–water partition coefficient (Wildman–Crippen LogP) is 1.33. The van der Waals surface area contributed by atoms with Crippen LogP contribution in [0.4, 0.5) is 0 Å². The molecular formula is C19H18N4O3. The summed E-state index contributed by atoms with van der Waals surface area (Å²) in [6.07, 6.45) is 2.17. The molecule has 0 aliphatic carbocycles. The third-order valence-electron chi connectivity index (χ3n) is 5.06. The summed E-state index contributed by atoms with van der Waals surface area (Å²) in [4.78, 5) is 47.1. The lowest BCUT2D eigenvalue weighted by molar-refractivity contribution is -0.128. The molecule has 26 heavy (non-hydrogen) atoms. The summed E-state index contributed by atoms with van der Waals surface area (Å²) in [7, 11) is 0. The molecule has 2 fully saturated rings. The molecule has 1 aromatic heterocycles. The first kappa shape index (κ1) is 16.4. The van der Waals surface area contributed by atoms with E-state index in [1.54, 1.807) is 11.8 Å². The maximum Gasteiger partial charge on any atom is 0.257 e. The fourth-order valence-corrected chi connectivity index (χ4v) is 3.68. The normalized spacial score (nSPS) is 22.1. The van der Waals surface area contributed by atoms with Crippen molar-refractivity contribution in [2.75, 3.05) is 13.1 Å². The molecule has 1 aromatic carbocycles. The predicted molar refractivity (Wildman–Crippen MR) is 92.9 cm³/mol. The average molecular weight is 350 g/mol. The van der Waals surface area contributed by atoms with Crippen LogP contribution in [-0.4, -0.2) is 45.7 Å². The Kier molecular flexibility index (Phi) is 3.79. The van der Waals surface area contributed by atoms with Gasteiger partial charge in [-0.15, -0.1) is 0 Å². The Balaban J connectivity index is 1.66. The van der Waals surface area contributed by atoms with Gasteiger partial charge in [-0.05, 0) is 13.3 Å². The molecule has 1 spiro atoms. The van der Waals surface area contributed by atoms with Gasteiger partial charge in [0.15, 0.2) is 0 Å². The van der Waals surface area contributed by atoms with Crippen molar-refractivity contribution in [1.82, 2.24) is 20.2 Å². The molecule has 1 atom stereocenters. The highest BCUT2D eigenvalue weighted by Crippen LogP contribution is 2.38. The Labute approximate surface area is 150 Å². The van der Waals surface area contributed by atoms with Crippen LogP contribution in [-0.2, 0) is 9.59 Å². The molecule has 132 valence electrons. The minimum atomic E-state index is -0.787. The van der Waals surface area contributed by atoms with Crippen molar-refractivity contribution in [3.8, 4) is 11.3 Å². The van der Waals surface area contributed by atoms with Crippen LogP contribution < -0.4 is 5.32 Å². The maximum atomic E-state index is 13.1. The quantitative estimate of drug-likeness (QED) is 0.825. The molecule has 1 N–H and O–H groups in total. The van der Waals surface area contributed by atoms with Crippen LogP contribution in [0.2, 0.25) is 0 Å². The second-order valence-electron chi connectivity index (χ2n) is 6.86. The number of hydrogen-bond donors (Lipinski definition) is 1. The van der Waals surface area contributed by atoms with E-state index in [0.29, 0.717) is 30.0 Å². The van der Waals surface area contributed by atoms with Crippen molar-refractivity contribution in [3.05, 3.63) is 47.9 Å². The minimum Gasteiger partial charge on any atom is -0.337 e. The van der Waals surface area contributed by atoms with Crippen molar-refractivity contribution >= 4 is 17.7 Å². The zero-order chi connectivity index (χ0) is 18.3. The van der Waals surface area contributed by atoms with Gasteiger partial charge in [0, 0.05) is 31.3 Å². The molecule has 3 heterocycles. The summed E-state index contributed by atoms with van der Waals surface area (Å²) < 4.78 is 0. The number of benzene rings is 1. The summed E-state index contributed by atoms with van der Waals surface area (Å²) in [6.45, 7) is 2.45. The van der Waals surface area contributed by atoms with E-state index in [9.17, 15) is 14.4 Å². The van der Waals surface area contributed by atoms with Crippen LogP contribution in [0.15, 0.2) is 36.5 Å². The first-order valence-electron chi connectivity index (χ1n) is 8.51. The number of nitrogens with zero attached hydrogens (tertiary/aromatic N) is 3. The van der Waals surface area contributed by atoms with E-state index < -0.39 is 5.41 Å². The number of aromatic nitrogens is 2. The highest BCUT2D eigenvalue weighted by Gasteiger charge is 2.52. The van der Waals surface area contributed by atoms with Crippen LogP contribution >= 0.6 is 0 Å². The van der Waals surface area contributed by atoms with Crippen molar-refractivity contribution in [2.45, 2.75) is 19.8 Å². The van der Waals surface area contributed by atoms with Gasteiger partial charge in [-0.25, -0.2) is 9.97 Å². The third kappa shape index (κ3) is 2.65. The van der Waals surface area contributed by atoms with Crippen LogP contribution in [0.3, 0.4) is 0 Å². The van der Waals surface area contributed by atoms with E-state index in [1.165, 1.54) is 6.20 Å². The molecule has 3 amide bonds. The Morgan fingerprint density at radius 3 is 2.69 bits per heavy atom. The maximum absolute atomic E-state index is 13.1. The Hall–Kier alpha value is -3.09. The van der Waals surface area contributed by atoms with Gasteiger partial charge in [0.2, 0.25) is 11.8 Å². The standard InChI is InChI=1S/C19H18N4O3/c1-12-20-10-14(16(21-12)13-5-3-2-4-6-13)17(25)23-8-7-19(11-23)9-15(24)22-18(19)26/h2-6,10H,7-9,11H2,1H3,(H,22,24,26). The molecule has 2 aliphatic rings. The van der Waals surface area contributed by atoms with Gasteiger partial charge in [-0.3, -0.25) is 19.7 Å². The van der Waals surface area contributed by atoms with Crippen LogP contribution in [0.25, 0.3) is 11.3 Å². The van der Waals surface area contributed by atoms with E-state index in [0.717, 1.165) is 5.56 Å². The minimum absolute atomic E-state index is 0.144. The molecule has 0 radical (unpaired) electrons. The van der Waals surface area contributed by atoms with Gasteiger partial charge in [-0.2, -0.15) is 0 Å². The second-order valence-corrected chi connectivity index (χ2v) is 6.86. The SMILES string of the molecule is Cc1ncc(C(=O)N2CCC3(CC(=O)NC3=O)C2)c(-c2ccccc2)n1. The number of imide groups is 1. The van der Waals surface area contributed by atoms with E-state index in [-0.39, 0.29) is 30.7 Å². The molecule has 4 rings (SSSR count). The zero-order valence-electron chi connectivity index (χ0n) is 14.4. The summed E-state index contributed by atoms with van der Waals surface area (Å²) in [5.41, 5.74) is 1.04. The third-order valence-corrected chi connectivity index (χ3v) is 5.06. The number of hydrogen-bond acceptors (Lipinski definition) is 5. The molecule has 2 saturated heterocycles. The van der Waals surface area contributed by atoms with E-state index in [4.69, 9.17) is 0 Å². The number of rotatable bonds is 2. The summed E-state index contributed by atoms with van der Waals surface area (Å²) in [6, 6.07) is 9.47. The summed E-state index contributed by atoms with van der Waals surface area (Å²) in [5.74, 6) is -0.180. The summed E-state index contributed by atoms with van der Waals surface area (Å²) in [5, 5.41) is 2.35. The highest BCUT2D eigenvalue weighted by atomic mass is 16.2. The Bertz CT molecular complexity index is 912. The fourth-order valence-electron chi connectivity index (χ4n) is 3.68. The van der Waals surface area contributed by atoms with Crippen LogP contribution in [0.5, 0.6) is 0 Å². The lowest BCUT2D eigenvalue weighted by Gasteiger charge is -2.21. The van der Waals surface area contributed by atoms with Crippen molar-refractivity contribution in [1.29, 1.82) is 0 Å². The van der Waals surface area contributed by atoms with Crippen molar-refractivity contribution in [3.63, 3.8) is 0 Å². The number of likely N-dealkylation sites (tertiary alicyclic amines) is 1. The number of amides is 3. The zero-order valence-corrected chi connectivity index (χ0v) is 14.4. The molecule has 0 bridgehead atoms. The molecular weight excluding hydrogens is 332 g/mol. The van der Waals surface area contributed by atoms with Gasteiger partial charge in [0.05, 0.1) is 16.7 Å². The van der Waals surface area contributed by atoms with Crippen molar-refractivity contribution < 1.29 is 14.4 Å². The van der Waals surface area contributed by atoms with Crippen molar-refractivity contribution in [2.24, 2.45) is 5.41 Å². The van der Waals surface area contributed by atoms with E-state index in [1.807, 2.05) is 30.3 Å². The smallest absolute Gasteiger partial charge is 0.257 e. The first-order valence-corrected chi connectivity index (χ1v) is 8.51. The second kappa shape index (κ2) is 6.01. The summed E-state index contributed by atoms with van der Waals surface area (Å²) >= 11 is 0. The van der Waals surface area contributed by atoms with Gasteiger partial charge in [0.25, 0.3) is 5.91 Å². The van der Waals surface area contributed by atoms with Gasteiger partial charge < -0.3 is 4.90 Å². The molecule has 0 saturated carbocycles. The first-order chi connectivity index (χ1) is 12.5. The lowest BCUT2D eigenvalue weighted by Crippen LogP contribution is -2.37. The van der Waals surface area contributed by atoms with E-state index >= 15 is 0 Å². The number of aryl methyl sites for hydroxylation is 1. The highest BCUT2D eigenvalue weighted by molar-refractivity contribution is 6.07. The fraction of sp³-hybridized carbons (Fsp3) is 0.316. The van der Waals surface area contributed by atoms with Gasteiger partial charge >= 0.3 is 0 Å². The number of carbonyl (C=O) groups is 3. The molecule has 2 aromatic rings. The topological polar surface area (TPSA) is 92.3 Å².